The minimum atomic E-state index is -3.20. The van der Waals surface area contributed by atoms with Crippen LogP contribution in [0.15, 0.2) is 0 Å². The largest absolute Gasteiger partial charge is 0.327 e. The molecule has 0 heterocycles. The molecule has 0 fully saturated rings. The summed E-state index contributed by atoms with van der Waals surface area (Å²) in [7, 11) is -1.93. The minimum Gasteiger partial charge on any atom is -0.324 e. The second-order valence-electron chi connectivity index (χ2n) is 2.25. The van der Waals surface area contributed by atoms with E-state index in [0.29, 0.717) is 0 Å². The van der Waals surface area contributed by atoms with Gasteiger partial charge in [0.15, 0.2) is 0 Å². The van der Waals surface area contributed by atoms with E-state index in [1.165, 1.54) is 7.11 Å². The van der Waals surface area contributed by atoms with Gasteiger partial charge in [0.05, 0.1) is 0 Å². The molecular weight excluding hydrogens is 151 g/mol. The van der Waals surface area contributed by atoms with Crippen molar-refractivity contribution in [3.63, 3.8) is 0 Å². The average Bonchev–Trinajstić information content (AvgIpc) is 1.89. The molecule has 0 spiro atoms. The van der Waals surface area contributed by atoms with Gasteiger partial charge in [0.1, 0.15) is 0 Å². The lowest BCUT2D eigenvalue weighted by Crippen LogP contribution is -1.90. The van der Waals surface area contributed by atoms with Crippen molar-refractivity contribution in [1.82, 2.24) is 0 Å². The third kappa shape index (κ3) is 4.98. The summed E-state index contributed by atoms with van der Waals surface area (Å²) in [5.74, 6) is 0. The second kappa shape index (κ2) is 4.89. The third-order valence-electron chi connectivity index (χ3n) is 1.33. The van der Waals surface area contributed by atoms with Gasteiger partial charge in [-0.15, -0.1) is 0 Å². The molecule has 3 nitrogen and oxygen atoms in total. The maximum atomic E-state index is 10.8. The van der Waals surface area contributed by atoms with Gasteiger partial charge in [0.25, 0.3) is 0 Å². The highest BCUT2D eigenvalue weighted by Crippen LogP contribution is 2.41. The maximum absolute atomic E-state index is 10.8. The lowest BCUT2D eigenvalue weighted by Gasteiger charge is -2.06. The standard InChI is InChI=1S/C6H15O3P/c1-3-4-5-6-10(7,8)9-2/h3-6H2,1-2H3,(H,7,8). The second-order valence-corrected chi connectivity index (χ2v) is 4.34. The van der Waals surface area contributed by atoms with Crippen LogP contribution in [0.2, 0.25) is 0 Å². The predicted molar refractivity (Wildman–Crippen MR) is 41.2 cm³/mol. The Morgan fingerprint density at radius 1 is 1.50 bits per heavy atom. The van der Waals surface area contributed by atoms with Crippen LogP contribution in [-0.2, 0) is 9.09 Å². The quantitative estimate of drug-likeness (QED) is 0.502. The van der Waals surface area contributed by atoms with Gasteiger partial charge in [-0.1, -0.05) is 19.8 Å². The monoisotopic (exact) mass is 166 g/mol. The zero-order valence-corrected chi connectivity index (χ0v) is 7.43. The molecule has 1 N–H and O–H groups in total. The Balaban J connectivity index is 3.38. The van der Waals surface area contributed by atoms with Crippen LogP contribution in [0.5, 0.6) is 0 Å². The van der Waals surface area contributed by atoms with E-state index in [1.54, 1.807) is 0 Å². The zero-order chi connectivity index (χ0) is 8.04. The summed E-state index contributed by atoms with van der Waals surface area (Å²) in [6.07, 6.45) is 3.12. The molecule has 4 heteroatoms. The van der Waals surface area contributed by atoms with Crippen LogP contribution >= 0.6 is 7.60 Å². The van der Waals surface area contributed by atoms with Crippen molar-refractivity contribution in [3.05, 3.63) is 0 Å². The average molecular weight is 166 g/mol. The van der Waals surface area contributed by atoms with Crippen LogP contribution in [0.25, 0.3) is 0 Å². The van der Waals surface area contributed by atoms with Gasteiger partial charge < -0.3 is 9.42 Å². The van der Waals surface area contributed by atoms with Crippen LogP contribution in [-0.4, -0.2) is 18.2 Å². The molecule has 0 aliphatic carbocycles. The van der Waals surface area contributed by atoms with E-state index in [9.17, 15) is 4.57 Å². The van der Waals surface area contributed by atoms with Gasteiger partial charge in [0.2, 0.25) is 0 Å². The topological polar surface area (TPSA) is 46.5 Å². The Bertz CT molecular complexity index is 124. The molecule has 62 valence electrons. The van der Waals surface area contributed by atoms with Crippen LogP contribution in [0.1, 0.15) is 26.2 Å². The van der Waals surface area contributed by atoms with Crippen molar-refractivity contribution in [1.29, 1.82) is 0 Å². The van der Waals surface area contributed by atoms with Crippen LogP contribution < -0.4 is 0 Å². The fourth-order valence-electron chi connectivity index (χ4n) is 0.653. The van der Waals surface area contributed by atoms with Crippen LogP contribution in [0.4, 0.5) is 0 Å². The fourth-order valence-corrected chi connectivity index (χ4v) is 1.46. The van der Waals surface area contributed by atoms with Crippen LogP contribution in [0.3, 0.4) is 0 Å². The molecule has 0 aliphatic heterocycles. The highest BCUT2D eigenvalue weighted by molar-refractivity contribution is 7.52. The highest BCUT2D eigenvalue weighted by Gasteiger charge is 2.14. The molecule has 0 aliphatic rings. The summed E-state index contributed by atoms with van der Waals surface area (Å²) in [6.45, 7) is 2.05. The Morgan fingerprint density at radius 3 is 2.50 bits per heavy atom. The van der Waals surface area contributed by atoms with Gasteiger partial charge in [-0.25, -0.2) is 0 Å². The molecule has 1 unspecified atom stereocenters. The Hall–Kier alpha value is 0.150. The summed E-state index contributed by atoms with van der Waals surface area (Å²) in [4.78, 5) is 8.88. The van der Waals surface area contributed by atoms with Gasteiger partial charge in [-0.05, 0) is 6.42 Å². The van der Waals surface area contributed by atoms with E-state index in [2.05, 4.69) is 11.4 Å². The molecule has 0 rings (SSSR count). The third-order valence-corrected chi connectivity index (χ3v) is 2.78. The number of hydrogen-bond donors (Lipinski definition) is 1. The molecule has 0 saturated carbocycles. The lowest BCUT2D eigenvalue weighted by atomic mass is 10.3. The number of rotatable bonds is 5. The molecule has 0 amide bonds. The SMILES string of the molecule is CCCCCP(=O)(O)OC. The zero-order valence-electron chi connectivity index (χ0n) is 6.54. The Kier molecular flexibility index (Phi) is 4.96. The van der Waals surface area contributed by atoms with Gasteiger partial charge in [-0.2, -0.15) is 0 Å². The molecule has 10 heavy (non-hydrogen) atoms. The van der Waals surface area contributed by atoms with Crippen molar-refractivity contribution < 1.29 is 14.0 Å². The van der Waals surface area contributed by atoms with Crippen molar-refractivity contribution in [2.24, 2.45) is 0 Å². The molecule has 0 aromatic carbocycles. The molecule has 0 aromatic rings. The Morgan fingerprint density at radius 2 is 2.10 bits per heavy atom. The van der Waals surface area contributed by atoms with Crippen molar-refractivity contribution >= 4 is 7.60 Å². The molecular formula is C6H15O3P. The molecule has 0 saturated heterocycles. The highest BCUT2D eigenvalue weighted by atomic mass is 31.2. The van der Waals surface area contributed by atoms with E-state index in [4.69, 9.17) is 4.89 Å². The Labute approximate surface area is 61.9 Å². The summed E-state index contributed by atoms with van der Waals surface area (Å²) >= 11 is 0. The first-order valence-corrected chi connectivity index (χ1v) is 5.26. The summed E-state index contributed by atoms with van der Waals surface area (Å²) in [5.41, 5.74) is 0. The van der Waals surface area contributed by atoms with E-state index in [-0.39, 0.29) is 6.16 Å². The lowest BCUT2D eigenvalue weighted by molar-refractivity contribution is 0.314. The fraction of sp³-hybridized carbons (Fsp3) is 1.00. The van der Waals surface area contributed by atoms with E-state index in [0.717, 1.165) is 19.3 Å². The van der Waals surface area contributed by atoms with Crippen molar-refractivity contribution in [2.45, 2.75) is 26.2 Å². The number of hydrogen-bond acceptors (Lipinski definition) is 2. The maximum Gasteiger partial charge on any atom is 0.327 e. The summed E-state index contributed by atoms with van der Waals surface area (Å²) in [6, 6.07) is 0. The van der Waals surface area contributed by atoms with E-state index < -0.39 is 7.60 Å². The smallest absolute Gasteiger partial charge is 0.324 e. The molecule has 0 aromatic heterocycles. The first-order valence-electron chi connectivity index (χ1n) is 3.50. The van der Waals surface area contributed by atoms with Crippen molar-refractivity contribution in [2.75, 3.05) is 13.3 Å². The predicted octanol–water partition coefficient (Wildman–Crippen LogP) is 2.01. The molecule has 0 bridgehead atoms. The van der Waals surface area contributed by atoms with E-state index in [1.807, 2.05) is 0 Å². The van der Waals surface area contributed by atoms with Crippen LogP contribution in [0, 0.1) is 0 Å². The number of unbranched alkanes of at least 4 members (excludes halogenated alkanes) is 2. The van der Waals surface area contributed by atoms with Gasteiger partial charge >= 0.3 is 7.60 Å². The van der Waals surface area contributed by atoms with Gasteiger partial charge in [-0.3, -0.25) is 4.57 Å². The summed E-state index contributed by atoms with van der Waals surface area (Å²) < 4.78 is 15.2. The minimum absolute atomic E-state index is 0.289. The van der Waals surface area contributed by atoms with Gasteiger partial charge in [0, 0.05) is 13.3 Å². The normalized spacial score (nSPS) is 16.7. The summed E-state index contributed by atoms with van der Waals surface area (Å²) in [5, 5.41) is 0. The molecule has 0 radical (unpaired) electrons. The van der Waals surface area contributed by atoms with E-state index >= 15 is 0 Å². The first kappa shape index (κ1) is 10.2. The first-order chi connectivity index (χ1) is 4.62. The molecule has 1 atom stereocenters. The van der Waals surface area contributed by atoms with Crippen molar-refractivity contribution in [3.8, 4) is 0 Å².